The summed E-state index contributed by atoms with van der Waals surface area (Å²) in [7, 11) is 0. The Morgan fingerprint density at radius 2 is 2.07 bits per heavy atom. The van der Waals surface area contributed by atoms with Crippen LogP contribution >= 0.6 is 11.3 Å². The van der Waals surface area contributed by atoms with Crippen molar-refractivity contribution in [1.29, 1.82) is 0 Å². The highest BCUT2D eigenvalue weighted by Gasteiger charge is 2.23. The molecule has 1 aliphatic rings. The molecule has 2 N–H and O–H groups in total. The average molecular weight is 411 g/mol. The summed E-state index contributed by atoms with van der Waals surface area (Å²) in [5, 5.41) is 7.77. The summed E-state index contributed by atoms with van der Waals surface area (Å²) < 4.78 is 19.5. The molecule has 1 atom stereocenters. The number of amides is 2. The zero-order valence-electron chi connectivity index (χ0n) is 15.6. The monoisotopic (exact) mass is 411 g/mol. The van der Waals surface area contributed by atoms with E-state index in [1.165, 1.54) is 36.5 Å². The van der Waals surface area contributed by atoms with E-state index in [1.807, 2.05) is 23.6 Å². The number of ether oxygens (including phenoxy) is 1. The van der Waals surface area contributed by atoms with E-state index < -0.39 is 11.7 Å². The molecule has 2 amide bonds. The number of halogens is 1. The van der Waals surface area contributed by atoms with Gasteiger partial charge in [0.1, 0.15) is 11.6 Å². The molecule has 29 heavy (non-hydrogen) atoms. The van der Waals surface area contributed by atoms with Crippen LogP contribution in [0.5, 0.6) is 5.75 Å². The first-order valence-electron chi connectivity index (χ1n) is 9.07. The minimum absolute atomic E-state index is 0.0340. The molecular weight excluding hydrogens is 393 g/mol. The highest BCUT2D eigenvalue weighted by molar-refractivity contribution is 7.14. The van der Waals surface area contributed by atoms with Crippen molar-refractivity contribution in [3.63, 3.8) is 0 Å². The SMILES string of the molecule is CC(=O)NC1CCOc2ccc(-c3csc(NC(=O)c4ccccc4F)n3)cc21. The average Bonchev–Trinajstić information content (AvgIpc) is 3.16. The topological polar surface area (TPSA) is 80.3 Å². The van der Waals surface area contributed by atoms with E-state index in [4.69, 9.17) is 4.74 Å². The van der Waals surface area contributed by atoms with E-state index in [1.54, 1.807) is 6.07 Å². The van der Waals surface area contributed by atoms with Crippen LogP contribution in [0.15, 0.2) is 47.8 Å². The lowest BCUT2D eigenvalue weighted by atomic mass is 9.97. The first kappa shape index (κ1) is 19.1. The van der Waals surface area contributed by atoms with Gasteiger partial charge < -0.3 is 10.1 Å². The van der Waals surface area contributed by atoms with E-state index >= 15 is 0 Å². The molecule has 2 heterocycles. The van der Waals surface area contributed by atoms with Crippen molar-refractivity contribution in [3.8, 4) is 17.0 Å². The largest absolute Gasteiger partial charge is 0.493 e. The maximum atomic E-state index is 13.8. The Labute approximate surface area is 170 Å². The maximum absolute atomic E-state index is 13.8. The number of carbonyl (C=O) groups excluding carboxylic acids is 2. The Morgan fingerprint density at radius 1 is 1.24 bits per heavy atom. The Bertz CT molecular complexity index is 1080. The Hall–Kier alpha value is -3.26. The summed E-state index contributed by atoms with van der Waals surface area (Å²) >= 11 is 1.26. The van der Waals surface area contributed by atoms with Crippen molar-refractivity contribution < 1.29 is 18.7 Å². The van der Waals surface area contributed by atoms with Crippen LogP contribution in [0.3, 0.4) is 0 Å². The molecule has 148 valence electrons. The number of carbonyl (C=O) groups is 2. The Morgan fingerprint density at radius 3 is 2.86 bits per heavy atom. The van der Waals surface area contributed by atoms with Crippen LogP contribution in [0, 0.1) is 5.82 Å². The second kappa shape index (κ2) is 8.00. The predicted molar refractivity (Wildman–Crippen MR) is 109 cm³/mol. The lowest BCUT2D eigenvalue weighted by Gasteiger charge is -2.26. The zero-order chi connectivity index (χ0) is 20.4. The Kier molecular flexibility index (Phi) is 5.26. The second-order valence-electron chi connectivity index (χ2n) is 6.61. The molecule has 2 aromatic carbocycles. The summed E-state index contributed by atoms with van der Waals surface area (Å²) in [6.07, 6.45) is 0.692. The van der Waals surface area contributed by atoms with E-state index in [9.17, 15) is 14.0 Å². The van der Waals surface area contributed by atoms with Gasteiger partial charge in [-0.25, -0.2) is 9.37 Å². The third-order valence-electron chi connectivity index (χ3n) is 4.57. The molecule has 0 saturated heterocycles. The molecule has 0 bridgehead atoms. The number of fused-ring (bicyclic) bond motifs is 1. The molecule has 6 nitrogen and oxygen atoms in total. The van der Waals surface area contributed by atoms with Gasteiger partial charge in [0.25, 0.3) is 5.91 Å². The molecule has 4 rings (SSSR count). The van der Waals surface area contributed by atoms with Crippen molar-refractivity contribution in [2.45, 2.75) is 19.4 Å². The van der Waals surface area contributed by atoms with E-state index in [-0.39, 0.29) is 17.5 Å². The van der Waals surface area contributed by atoms with Gasteiger partial charge in [-0.3, -0.25) is 14.9 Å². The fourth-order valence-electron chi connectivity index (χ4n) is 3.22. The van der Waals surface area contributed by atoms with Crippen molar-refractivity contribution in [2.24, 2.45) is 0 Å². The van der Waals surface area contributed by atoms with Crippen LogP contribution in [0.25, 0.3) is 11.3 Å². The van der Waals surface area contributed by atoms with Crippen LogP contribution in [0.2, 0.25) is 0 Å². The molecule has 0 spiro atoms. The van der Waals surface area contributed by atoms with Crippen LogP contribution in [0.1, 0.15) is 35.3 Å². The summed E-state index contributed by atoms with van der Waals surface area (Å²) in [4.78, 5) is 28.2. The number of aromatic nitrogens is 1. The molecule has 8 heteroatoms. The van der Waals surface area contributed by atoms with Crippen LogP contribution in [-0.4, -0.2) is 23.4 Å². The van der Waals surface area contributed by atoms with Crippen LogP contribution < -0.4 is 15.4 Å². The summed E-state index contributed by atoms with van der Waals surface area (Å²) in [5.74, 6) is -0.490. The van der Waals surface area contributed by atoms with Gasteiger partial charge in [-0.15, -0.1) is 11.3 Å². The zero-order valence-corrected chi connectivity index (χ0v) is 16.4. The molecule has 1 aliphatic heterocycles. The molecule has 0 aliphatic carbocycles. The first-order chi connectivity index (χ1) is 14.0. The normalized spacial score (nSPS) is 15.2. The van der Waals surface area contributed by atoms with E-state index in [0.29, 0.717) is 23.9 Å². The van der Waals surface area contributed by atoms with Gasteiger partial charge in [0.2, 0.25) is 5.91 Å². The third-order valence-corrected chi connectivity index (χ3v) is 5.32. The summed E-state index contributed by atoms with van der Waals surface area (Å²) in [6.45, 7) is 2.03. The summed E-state index contributed by atoms with van der Waals surface area (Å²) in [5.41, 5.74) is 2.38. The molecule has 0 saturated carbocycles. The highest BCUT2D eigenvalue weighted by Crippen LogP contribution is 2.36. The number of rotatable bonds is 4. The lowest BCUT2D eigenvalue weighted by molar-refractivity contribution is -0.119. The van der Waals surface area contributed by atoms with Crippen LogP contribution in [-0.2, 0) is 4.79 Å². The number of nitrogens with one attached hydrogen (secondary N) is 2. The Balaban J connectivity index is 1.56. The lowest BCUT2D eigenvalue weighted by Crippen LogP contribution is -2.30. The third kappa shape index (κ3) is 4.12. The van der Waals surface area contributed by atoms with Gasteiger partial charge in [0.05, 0.1) is 23.9 Å². The smallest absolute Gasteiger partial charge is 0.260 e. The maximum Gasteiger partial charge on any atom is 0.260 e. The molecule has 3 aromatic rings. The minimum atomic E-state index is -0.583. The highest BCUT2D eigenvalue weighted by atomic mass is 32.1. The van der Waals surface area contributed by atoms with E-state index in [2.05, 4.69) is 15.6 Å². The number of hydrogen-bond donors (Lipinski definition) is 2. The first-order valence-corrected chi connectivity index (χ1v) is 9.95. The molecule has 1 unspecified atom stereocenters. The predicted octanol–water partition coefficient (Wildman–Crippen LogP) is 4.16. The fraction of sp³-hybridized carbons (Fsp3) is 0.190. The van der Waals surface area contributed by atoms with Crippen molar-refractivity contribution in [1.82, 2.24) is 10.3 Å². The van der Waals surface area contributed by atoms with Crippen LogP contribution in [0.4, 0.5) is 9.52 Å². The summed E-state index contributed by atoms with van der Waals surface area (Å²) in [6, 6.07) is 11.4. The van der Waals surface area contributed by atoms with Gasteiger partial charge >= 0.3 is 0 Å². The molecular formula is C21H18FN3O3S. The standard InChI is InChI=1S/C21H18FN3O3S/c1-12(26)23-17-8-9-28-19-7-6-13(10-15(17)19)18-11-29-21(24-18)25-20(27)14-4-2-3-5-16(14)22/h2-7,10-11,17H,8-9H2,1H3,(H,23,26)(H,24,25,27). The molecule has 0 fully saturated rings. The molecule has 1 aromatic heterocycles. The van der Waals surface area contributed by atoms with Gasteiger partial charge in [0.15, 0.2) is 5.13 Å². The van der Waals surface area contributed by atoms with Gasteiger partial charge in [-0.2, -0.15) is 0 Å². The van der Waals surface area contributed by atoms with E-state index in [0.717, 1.165) is 16.9 Å². The van der Waals surface area contributed by atoms with Crippen molar-refractivity contribution >= 4 is 28.3 Å². The van der Waals surface area contributed by atoms with Gasteiger partial charge in [-0.05, 0) is 30.3 Å². The van der Waals surface area contributed by atoms with Crippen molar-refractivity contribution in [2.75, 3.05) is 11.9 Å². The number of nitrogens with zero attached hydrogens (tertiary/aromatic N) is 1. The van der Waals surface area contributed by atoms with Gasteiger partial charge in [-0.1, -0.05) is 12.1 Å². The number of anilines is 1. The quantitative estimate of drug-likeness (QED) is 0.676. The second-order valence-corrected chi connectivity index (χ2v) is 7.47. The number of thiazole rings is 1. The van der Waals surface area contributed by atoms with Gasteiger partial charge in [0, 0.05) is 29.9 Å². The number of benzene rings is 2. The fourth-order valence-corrected chi connectivity index (χ4v) is 3.94. The minimum Gasteiger partial charge on any atom is -0.493 e. The molecule has 0 radical (unpaired) electrons. The number of hydrogen-bond acceptors (Lipinski definition) is 5. The van der Waals surface area contributed by atoms with Crippen molar-refractivity contribution in [3.05, 3.63) is 64.8 Å².